The zero-order valence-electron chi connectivity index (χ0n) is 16.6. The average Bonchev–Trinajstić information content (AvgIpc) is 2.63. The molecule has 0 heterocycles. The molecule has 2 rings (SSSR count). The maximum atomic E-state index is 5.87. The van der Waals surface area contributed by atoms with Gasteiger partial charge in [0.05, 0.1) is 0 Å². The predicted octanol–water partition coefficient (Wildman–Crippen LogP) is 6.50. The summed E-state index contributed by atoms with van der Waals surface area (Å²) in [5, 5.41) is 0. The van der Waals surface area contributed by atoms with Crippen LogP contribution in [0.2, 0.25) is 0 Å². The van der Waals surface area contributed by atoms with Gasteiger partial charge in [-0.3, -0.25) is 0 Å². The van der Waals surface area contributed by atoms with E-state index in [1.807, 2.05) is 32.0 Å². The second kappa shape index (κ2) is 9.88. The molecule has 0 aliphatic heterocycles. The first-order chi connectivity index (χ1) is 11.9. The minimum atomic E-state index is 0.157. The number of benzene rings is 2. The molecule has 0 aliphatic carbocycles. The van der Waals surface area contributed by atoms with Gasteiger partial charge >= 0.3 is 0 Å². The minimum absolute atomic E-state index is 0.157. The van der Waals surface area contributed by atoms with Gasteiger partial charge in [-0.1, -0.05) is 95.3 Å². The molecule has 0 radical (unpaired) electrons. The van der Waals surface area contributed by atoms with E-state index in [1.54, 1.807) is 6.20 Å². The van der Waals surface area contributed by atoms with Gasteiger partial charge in [0, 0.05) is 6.20 Å². The van der Waals surface area contributed by atoms with Crippen LogP contribution >= 0.6 is 0 Å². The zero-order chi connectivity index (χ0) is 18.9. The first-order valence-corrected chi connectivity index (χ1v) is 9.16. The summed E-state index contributed by atoms with van der Waals surface area (Å²) in [6.45, 7) is 12.9. The van der Waals surface area contributed by atoms with Crippen molar-refractivity contribution in [1.82, 2.24) is 0 Å². The van der Waals surface area contributed by atoms with Crippen LogP contribution in [-0.4, -0.2) is 0 Å². The Morgan fingerprint density at radius 2 is 1.48 bits per heavy atom. The van der Waals surface area contributed by atoms with E-state index in [0.717, 1.165) is 17.6 Å². The number of allylic oxidation sites excluding steroid dienone is 3. The van der Waals surface area contributed by atoms with Crippen LogP contribution in [0.15, 0.2) is 72.4 Å². The highest BCUT2D eigenvalue weighted by Gasteiger charge is 2.16. The molecule has 2 N–H and O–H groups in total. The standard InChI is InChI=1S/C22H27N.C2H6/c1-17(20(16-23)18-10-6-5-7-11-18)14-15-19-12-8-9-13-21(19)22(2,3)4;1-2/h5-14,16H,15,23H2,1-4H3;1-2H3/b17-14-,20-16+;. The Kier molecular flexibility index (Phi) is 8.21. The van der Waals surface area contributed by atoms with Crippen molar-refractivity contribution < 1.29 is 0 Å². The SMILES string of the molecule is CC.CC(=C/Cc1ccccc1C(C)(C)C)/C(=C\N)c1ccccc1. The molecule has 0 atom stereocenters. The lowest BCUT2D eigenvalue weighted by atomic mass is 9.82. The Morgan fingerprint density at radius 1 is 0.920 bits per heavy atom. The highest BCUT2D eigenvalue weighted by atomic mass is 14.5. The summed E-state index contributed by atoms with van der Waals surface area (Å²) >= 11 is 0. The van der Waals surface area contributed by atoms with Gasteiger partial charge in [-0.05, 0) is 46.6 Å². The second-order valence-electron chi connectivity index (χ2n) is 6.94. The van der Waals surface area contributed by atoms with E-state index >= 15 is 0 Å². The molecule has 0 fully saturated rings. The smallest absolute Gasteiger partial charge is 0.00201 e. The van der Waals surface area contributed by atoms with E-state index in [2.05, 4.69) is 70.2 Å². The molecular weight excluding hydrogens is 302 g/mol. The molecule has 0 aliphatic rings. The first kappa shape index (κ1) is 20.8. The fourth-order valence-corrected chi connectivity index (χ4v) is 2.88. The lowest BCUT2D eigenvalue weighted by Crippen LogP contribution is -2.13. The summed E-state index contributed by atoms with van der Waals surface area (Å²) in [6, 6.07) is 19.0. The summed E-state index contributed by atoms with van der Waals surface area (Å²) in [5.74, 6) is 0. The van der Waals surface area contributed by atoms with Crippen LogP contribution in [-0.2, 0) is 11.8 Å². The van der Waals surface area contributed by atoms with Crippen molar-refractivity contribution in [1.29, 1.82) is 0 Å². The average molecular weight is 336 g/mol. The van der Waals surface area contributed by atoms with Crippen molar-refractivity contribution in [3.8, 4) is 0 Å². The maximum Gasteiger partial charge on any atom is 0.00201 e. The van der Waals surface area contributed by atoms with E-state index in [4.69, 9.17) is 5.73 Å². The molecule has 0 saturated heterocycles. The predicted molar refractivity (Wildman–Crippen MR) is 113 cm³/mol. The summed E-state index contributed by atoms with van der Waals surface area (Å²) in [4.78, 5) is 0. The molecule has 2 aromatic rings. The van der Waals surface area contributed by atoms with Crippen molar-refractivity contribution in [2.45, 2.75) is 53.4 Å². The number of nitrogens with two attached hydrogens (primary N) is 1. The summed E-state index contributed by atoms with van der Waals surface area (Å²) in [6.07, 6.45) is 4.90. The quantitative estimate of drug-likeness (QED) is 0.634. The van der Waals surface area contributed by atoms with Crippen molar-refractivity contribution in [2.75, 3.05) is 0 Å². The van der Waals surface area contributed by atoms with Gasteiger partial charge in [-0.15, -0.1) is 0 Å². The fraction of sp³-hybridized carbons (Fsp3) is 0.333. The third-order valence-electron chi connectivity index (χ3n) is 4.13. The van der Waals surface area contributed by atoms with E-state index in [9.17, 15) is 0 Å². The van der Waals surface area contributed by atoms with Crippen molar-refractivity contribution in [3.63, 3.8) is 0 Å². The lowest BCUT2D eigenvalue weighted by molar-refractivity contribution is 0.584. The molecule has 1 heteroatoms. The maximum absolute atomic E-state index is 5.87. The normalized spacial score (nSPS) is 12.4. The van der Waals surface area contributed by atoms with Crippen LogP contribution in [0.4, 0.5) is 0 Å². The van der Waals surface area contributed by atoms with Crippen LogP contribution in [0, 0.1) is 0 Å². The van der Waals surface area contributed by atoms with Gasteiger partial charge in [0.25, 0.3) is 0 Å². The molecule has 0 amide bonds. The minimum Gasteiger partial charge on any atom is -0.404 e. The van der Waals surface area contributed by atoms with Crippen LogP contribution in [0.25, 0.3) is 5.57 Å². The summed E-state index contributed by atoms with van der Waals surface area (Å²) < 4.78 is 0. The number of rotatable bonds is 4. The Balaban J connectivity index is 0.00000151. The van der Waals surface area contributed by atoms with Crippen LogP contribution in [0.5, 0.6) is 0 Å². The van der Waals surface area contributed by atoms with Gasteiger partial charge in [-0.25, -0.2) is 0 Å². The van der Waals surface area contributed by atoms with E-state index < -0.39 is 0 Å². The van der Waals surface area contributed by atoms with Gasteiger partial charge in [0.15, 0.2) is 0 Å². The molecule has 2 aromatic carbocycles. The highest BCUT2D eigenvalue weighted by Crippen LogP contribution is 2.27. The third kappa shape index (κ3) is 5.94. The molecule has 25 heavy (non-hydrogen) atoms. The first-order valence-electron chi connectivity index (χ1n) is 9.16. The lowest BCUT2D eigenvalue weighted by Gasteiger charge is -2.22. The molecule has 0 unspecified atom stereocenters. The molecule has 0 bridgehead atoms. The highest BCUT2D eigenvalue weighted by molar-refractivity contribution is 5.78. The fourth-order valence-electron chi connectivity index (χ4n) is 2.88. The molecule has 134 valence electrons. The Labute approximate surface area is 154 Å². The second-order valence-corrected chi connectivity index (χ2v) is 6.94. The molecule has 0 saturated carbocycles. The molecular formula is C24H33N. The zero-order valence-corrected chi connectivity index (χ0v) is 16.6. The van der Waals surface area contributed by atoms with Crippen molar-refractivity contribution in [2.24, 2.45) is 5.73 Å². The van der Waals surface area contributed by atoms with Crippen molar-refractivity contribution in [3.05, 3.63) is 89.1 Å². The summed E-state index contributed by atoms with van der Waals surface area (Å²) in [5.41, 5.74) is 12.3. The largest absolute Gasteiger partial charge is 0.404 e. The number of hydrogen-bond donors (Lipinski definition) is 1. The third-order valence-corrected chi connectivity index (χ3v) is 4.13. The number of hydrogen-bond acceptors (Lipinski definition) is 1. The van der Waals surface area contributed by atoms with Gasteiger partial charge in [0.2, 0.25) is 0 Å². The van der Waals surface area contributed by atoms with Crippen LogP contribution < -0.4 is 5.73 Å². The van der Waals surface area contributed by atoms with Gasteiger partial charge in [-0.2, -0.15) is 0 Å². The monoisotopic (exact) mass is 335 g/mol. The summed E-state index contributed by atoms with van der Waals surface area (Å²) in [7, 11) is 0. The molecule has 0 aromatic heterocycles. The Morgan fingerprint density at radius 3 is 2.04 bits per heavy atom. The van der Waals surface area contributed by atoms with Crippen LogP contribution in [0.1, 0.15) is 58.2 Å². The Bertz CT molecular complexity index is 700. The topological polar surface area (TPSA) is 26.0 Å². The van der Waals surface area contributed by atoms with Crippen molar-refractivity contribution >= 4 is 5.57 Å². The Hall–Kier alpha value is -2.28. The van der Waals surface area contributed by atoms with Crippen LogP contribution in [0.3, 0.4) is 0 Å². The van der Waals surface area contributed by atoms with Gasteiger partial charge < -0.3 is 5.73 Å². The van der Waals surface area contributed by atoms with E-state index in [1.165, 1.54) is 16.7 Å². The van der Waals surface area contributed by atoms with E-state index in [-0.39, 0.29) is 5.41 Å². The van der Waals surface area contributed by atoms with E-state index in [0.29, 0.717) is 0 Å². The molecule has 1 nitrogen and oxygen atoms in total. The van der Waals surface area contributed by atoms with Gasteiger partial charge in [0.1, 0.15) is 0 Å². The molecule has 0 spiro atoms.